The first kappa shape index (κ1) is 17.0. The van der Waals surface area contributed by atoms with Crippen LogP contribution in [-0.2, 0) is 10.0 Å². The zero-order chi connectivity index (χ0) is 17.4. The Labute approximate surface area is 136 Å². The number of nitrogens with two attached hydrogens (primary N) is 2. The highest BCUT2D eigenvalue weighted by Crippen LogP contribution is 2.16. The summed E-state index contributed by atoms with van der Waals surface area (Å²) in [7, 11) is -3.86. The molecule has 2 aromatic rings. The lowest BCUT2D eigenvalue weighted by Gasteiger charge is -2.09. The molecule has 0 aliphatic rings. The molecule has 0 atom stereocenters. The van der Waals surface area contributed by atoms with Gasteiger partial charge in [-0.1, -0.05) is 0 Å². The number of aryl methyl sites for hydroxylation is 2. The SMILES string of the molecule is Cc1cc(C)[n+](-c2ccc(S(=O)(=O)N=C(N)N)cc2)c(C)c1C. The molecule has 0 saturated heterocycles. The molecule has 2 rings (SSSR count). The molecule has 0 unspecified atom stereocenters. The highest BCUT2D eigenvalue weighted by molar-refractivity contribution is 7.90. The second-order valence-corrected chi connectivity index (χ2v) is 7.10. The molecule has 122 valence electrons. The first-order valence-corrected chi connectivity index (χ1v) is 8.53. The third-order valence-electron chi connectivity index (χ3n) is 3.87. The lowest BCUT2D eigenvalue weighted by molar-refractivity contribution is -0.610. The summed E-state index contributed by atoms with van der Waals surface area (Å²) in [5.74, 6) is -0.482. The van der Waals surface area contributed by atoms with E-state index < -0.39 is 16.0 Å². The average Bonchev–Trinajstić information content (AvgIpc) is 2.44. The molecule has 0 saturated carbocycles. The lowest BCUT2D eigenvalue weighted by Crippen LogP contribution is -2.38. The van der Waals surface area contributed by atoms with Gasteiger partial charge in [-0.2, -0.15) is 13.0 Å². The molecule has 1 aromatic heterocycles. The molecule has 0 aliphatic carbocycles. The van der Waals surface area contributed by atoms with Crippen LogP contribution in [0.1, 0.15) is 22.5 Å². The number of hydrogen-bond acceptors (Lipinski definition) is 2. The molecule has 23 heavy (non-hydrogen) atoms. The molecule has 0 spiro atoms. The minimum atomic E-state index is -3.86. The van der Waals surface area contributed by atoms with E-state index in [9.17, 15) is 8.42 Å². The second-order valence-electron chi connectivity index (χ2n) is 5.50. The Balaban J connectivity index is 2.54. The standard InChI is InChI=1S/C16H21N4O2S/c1-10-9-11(2)20(13(4)12(10)3)14-5-7-15(8-6-14)23(21,22)19-16(17)18/h5-9H,1-4H3,(H4,17,18,19)/q+1. The highest BCUT2D eigenvalue weighted by atomic mass is 32.2. The Morgan fingerprint density at radius 3 is 2.13 bits per heavy atom. The number of pyridine rings is 1. The normalized spacial score (nSPS) is 11.3. The van der Waals surface area contributed by atoms with Gasteiger partial charge in [-0.05, 0) is 31.5 Å². The third-order valence-corrected chi connectivity index (χ3v) is 5.19. The molecule has 0 fully saturated rings. The number of guanidine groups is 1. The van der Waals surface area contributed by atoms with E-state index in [4.69, 9.17) is 11.5 Å². The highest BCUT2D eigenvalue weighted by Gasteiger charge is 2.20. The van der Waals surface area contributed by atoms with E-state index >= 15 is 0 Å². The molecule has 1 aromatic carbocycles. The first-order chi connectivity index (χ1) is 10.6. The summed E-state index contributed by atoms with van der Waals surface area (Å²) in [5.41, 5.74) is 15.8. The van der Waals surface area contributed by atoms with Crippen LogP contribution in [0.3, 0.4) is 0 Å². The number of rotatable bonds is 3. The number of aromatic nitrogens is 1. The van der Waals surface area contributed by atoms with Crippen LogP contribution in [-0.4, -0.2) is 14.4 Å². The maximum atomic E-state index is 12.0. The fraction of sp³-hybridized carbons (Fsp3) is 0.250. The van der Waals surface area contributed by atoms with Gasteiger partial charge in [0.1, 0.15) is 0 Å². The van der Waals surface area contributed by atoms with Crippen LogP contribution in [0.5, 0.6) is 0 Å². The number of benzene rings is 1. The largest absolute Gasteiger partial charge is 0.369 e. The molecule has 4 N–H and O–H groups in total. The van der Waals surface area contributed by atoms with Crippen molar-refractivity contribution in [3.8, 4) is 5.69 Å². The summed E-state index contributed by atoms with van der Waals surface area (Å²) in [5, 5.41) is 0. The van der Waals surface area contributed by atoms with Crippen molar-refractivity contribution < 1.29 is 13.0 Å². The summed E-state index contributed by atoms with van der Waals surface area (Å²) < 4.78 is 29.3. The van der Waals surface area contributed by atoms with Crippen molar-refractivity contribution in [2.24, 2.45) is 15.9 Å². The number of hydrogen-bond donors (Lipinski definition) is 2. The molecule has 0 radical (unpaired) electrons. The van der Waals surface area contributed by atoms with Crippen LogP contribution in [0, 0.1) is 27.7 Å². The van der Waals surface area contributed by atoms with Gasteiger partial charge in [0.2, 0.25) is 11.6 Å². The maximum Gasteiger partial charge on any atom is 0.285 e. The van der Waals surface area contributed by atoms with Crippen LogP contribution in [0.2, 0.25) is 0 Å². The zero-order valence-corrected chi connectivity index (χ0v) is 14.5. The van der Waals surface area contributed by atoms with E-state index in [1.165, 1.54) is 23.3 Å². The van der Waals surface area contributed by atoms with E-state index in [0.29, 0.717) is 0 Å². The van der Waals surface area contributed by atoms with Crippen molar-refractivity contribution in [2.45, 2.75) is 32.6 Å². The Morgan fingerprint density at radius 2 is 1.61 bits per heavy atom. The summed E-state index contributed by atoms with van der Waals surface area (Å²) in [6.07, 6.45) is 0. The summed E-state index contributed by atoms with van der Waals surface area (Å²) in [4.78, 5) is 0.0504. The van der Waals surface area contributed by atoms with Gasteiger partial charge in [-0.3, -0.25) is 0 Å². The van der Waals surface area contributed by atoms with Gasteiger partial charge in [-0.15, -0.1) is 4.40 Å². The van der Waals surface area contributed by atoms with E-state index in [1.54, 1.807) is 12.1 Å². The second kappa shape index (κ2) is 6.00. The summed E-state index contributed by atoms with van der Waals surface area (Å²) in [6.45, 7) is 8.20. The average molecular weight is 333 g/mol. The Bertz CT molecular complexity index is 881. The van der Waals surface area contributed by atoms with Gasteiger partial charge in [0.05, 0.1) is 4.90 Å². The molecular weight excluding hydrogens is 312 g/mol. The molecule has 0 aliphatic heterocycles. The van der Waals surface area contributed by atoms with Crippen molar-refractivity contribution >= 4 is 16.0 Å². The molecule has 7 heteroatoms. The molecule has 0 bridgehead atoms. The Morgan fingerprint density at radius 1 is 1.04 bits per heavy atom. The van der Waals surface area contributed by atoms with E-state index in [2.05, 4.69) is 28.9 Å². The monoisotopic (exact) mass is 333 g/mol. The van der Waals surface area contributed by atoms with Gasteiger partial charge in [0.15, 0.2) is 11.4 Å². The first-order valence-electron chi connectivity index (χ1n) is 7.09. The predicted octanol–water partition coefficient (Wildman–Crippen LogP) is 1.16. The van der Waals surface area contributed by atoms with Crippen LogP contribution in [0.25, 0.3) is 5.69 Å². The third kappa shape index (κ3) is 3.34. The maximum absolute atomic E-state index is 12.0. The topological polar surface area (TPSA) is 102 Å². The van der Waals surface area contributed by atoms with Gasteiger partial charge in [0, 0.05) is 37.6 Å². The van der Waals surface area contributed by atoms with Crippen molar-refractivity contribution in [1.82, 2.24) is 0 Å². The molecule has 6 nitrogen and oxygen atoms in total. The molecule has 0 amide bonds. The van der Waals surface area contributed by atoms with E-state index in [-0.39, 0.29) is 4.90 Å². The number of nitrogens with zero attached hydrogens (tertiary/aromatic N) is 2. The quantitative estimate of drug-likeness (QED) is 0.500. The Hall–Kier alpha value is -2.41. The van der Waals surface area contributed by atoms with Gasteiger partial charge in [-0.25, -0.2) is 0 Å². The Kier molecular flexibility index (Phi) is 4.42. The van der Waals surface area contributed by atoms with Crippen LogP contribution < -0.4 is 16.0 Å². The van der Waals surface area contributed by atoms with Crippen molar-refractivity contribution in [2.75, 3.05) is 0 Å². The fourth-order valence-corrected chi connectivity index (χ4v) is 3.42. The summed E-state index contributed by atoms with van der Waals surface area (Å²) >= 11 is 0. The molecule has 1 heterocycles. The van der Waals surface area contributed by atoms with E-state index in [1.807, 2.05) is 13.8 Å². The lowest BCUT2D eigenvalue weighted by atomic mass is 10.1. The van der Waals surface area contributed by atoms with Crippen LogP contribution in [0.4, 0.5) is 0 Å². The smallest absolute Gasteiger partial charge is 0.285 e. The predicted molar refractivity (Wildman–Crippen MR) is 89.9 cm³/mol. The minimum Gasteiger partial charge on any atom is -0.369 e. The van der Waals surface area contributed by atoms with Crippen LogP contribution >= 0.6 is 0 Å². The minimum absolute atomic E-state index is 0.0504. The van der Waals surface area contributed by atoms with Crippen molar-refractivity contribution in [3.05, 3.63) is 52.8 Å². The zero-order valence-electron chi connectivity index (χ0n) is 13.7. The van der Waals surface area contributed by atoms with Crippen LogP contribution in [0.15, 0.2) is 39.6 Å². The van der Waals surface area contributed by atoms with Gasteiger partial charge >= 0.3 is 0 Å². The molecular formula is C16H21N4O2S+. The fourth-order valence-electron chi connectivity index (χ4n) is 2.56. The van der Waals surface area contributed by atoms with Gasteiger partial charge in [0.25, 0.3) is 10.0 Å². The summed E-state index contributed by atoms with van der Waals surface area (Å²) in [6, 6.07) is 8.58. The number of sulfonamides is 1. The van der Waals surface area contributed by atoms with E-state index in [0.717, 1.165) is 17.1 Å². The van der Waals surface area contributed by atoms with Gasteiger partial charge < -0.3 is 11.5 Å². The van der Waals surface area contributed by atoms with Crippen molar-refractivity contribution in [1.29, 1.82) is 0 Å². The van der Waals surface area contributed by atoms with Crippen molar-refractivity contribution in [3.63, 3.8) is 0 Å².